The van der Waals surface area contributed by atoms with E-state index in [4.69, 9.17) is 4.74 Å². The summed E-state index contributed by atoms with van der Waals surface area (Å²) in [7, 11) is 0. The zero-order valence-electron chi connectivity index (χ0n) is 15.8. The zero-order chi connectivity index (χ0) is 20.4. The standard InChI is InChI=1S/C22H21FN2O4/c23-16-8-2-1-7-15(16)13-20(27)29-14-19(26)25-18-10-4-3-9-17(18)24-21(28)22(25)11-5-6-12-22/h1-4,7-10H,5-6,11-14H2,(H,24,28). The van der Waals surface area contributed by atoms with E-state index in [1.54, 1.807) is 30.3 Å². The Morgan fingerprint density at radius 2 is 1.76 bits per heavy atom. The maximum absolute atomic E-state index is 13.7. The van der Waals surface area contributed by atoms with Crippen LogP contribution >= 0.6 is 0 Å². The minimum Gasteiger partial charge on any atom is -0.455 e. The fourth-order valence-electron chi connectivity index (χ4n) is 4.18. The molecule has 6 nitrogen and oxygen atoms in total. The molecule has 7 heteroatoms. The molecule has 4 rings (SSSR count). The molecule has 0 saturated heterocycles. The average molecular weight is 396 g/mol. The van der Waals surface area contributed by atoms with Gasteiger partial charge in [0, 0.05) is 0 Å². The number of nitrogens with one attached hydrogen (secondary N) is 1. The van der Waals surface area contributed by atoms with Crippen LogP contribution in [0.15, 0.2) is 48.5 Å². The number of ether oxygens (including phenoxy) is 1. The van der Waals surface area contributed by atoms with Gasteiger partial charge in [-0.15, -0.1) is 0 Å². The first-order valence-electron chi connectivity index (χ1n) is 9.64. The number of benzene rings is 2. The average Bonchev–Trinajstić information content (AvgIpc) is 3.19. The van der Waals surface area contributed by atoms with Gasteiger partial charge in [-0.1, -0.05) is 43.2 Å². The molecule has 1 spiro atoms. The molecule has 1 saturated carbocycles. The van der Waals surface area contributed by atoms with Gasteiger partial charge >= 0.3 is 5.97 Å². The molecule has 1 aliphatic carbocycles. The van der Waals surface area contributed by atoms with Crippen LogP contribution in [0.1, 0.15) is 31.2 Å². The number of halogens is 1. The van der Waals surface area contributed by atoms with E-state index in [1.807, 2.05) is 0 Å². The van der Waals surface area contributed by atoms with Crippen LogP contribution in [0, 0.1) is 5.82 Å². The third kappa shape index (κ3) is 3.48. The van der Waals surface area contributed by atoms with Crippen LogP contribution in [0.3, 0.4) is 0 Å². The lowest BCUT2D eigenvalue weighted by molar-refractivity contribution is -0.147. The number of hydrogen-bond donors (Lipinski definition) is 1. The zero-order valence-corrected chi connectivity index (χ0v) is 15.8. The van der Waals surface area contributed by atoms with Gasteiger partial charge in [0.2, 0.25) is 0 Å². The number of hydrogen-bond acceptors (Lipinski definition) is 4. The second kappa shape index (κ2) is 7.66. The third-order valence-corrected chi connectivity index (χ3v) is 5.57. The van der Waals surface area contributed by atoms with Gasteiger partial charge in [0.15, 0.2) is 6.61 Å². The highest BCUT2D eigenvalue weighted by Crippen LogP contribution is 2.45. The Morgan fingerprint density at radius 3 is 2.52 bits per heavy atom. The van der Waals surface area contributed by atoms with Gasteiger partial charge in [-0.2, -0.15) is 0 Å². The van der Waals surface area contributed by atoms with Crippen molar-refractivity contribution in [3.05, 3.63) is 59.9 Å². The summed E-state index contributed by atoms with van der Waals surface area (Å²) in [5.74, 6) is -1.86. The summed E-state index contributed by atoms with van der Waals surface area (Å²) < 4.78 is 18.9. The van der Waals surface area contributed by atoms with Crippen molar-refractivity contribution >= 4 is 29.2 Å². The first-order chi connectivity index (χ1) is 14.0. The van der Waals surface area contributed by atoms with E-state index in [2.05, 4.69) is 5.32 Å². The minimum absolute atomic E-state index is 0.208. The first-order valence-corrected chi connectivity index (χ1v) is 9.64. The summed E-state index contributed by atoms with van der Waals surface area (Å²) >= 11 is 0. The molecule has 2 aliphatic rings. The van der Waals surface area contributed by atoms with Crippen LogP contribution in [0.2, 0.25) is 0 Å². The minimum atomic E-state index is -0.955. The normalized spacial score (nSPS) is 17.0. The highest BCUT2D eigenvalue weighted by Gasteiger charge is 2.52. The van der Waals surface area contributed by atoms with E-state index in [0.717, 1.165) is 12.8 Å². The lowest BCUT2D eigenvalue weighted by Gasteiger charge is -2.44. The van der Waals surface area contributed by atoms with Crippen molar-refractivity contribution in [3.63, 3.8) is 0 Å². The molecular formula is C22H21FN2O4. The third-order valence-electron chi connectivity index (χ3n) is 5.57. The van der Waals surface area contributed by atoms with Crippen molar-refractivity contribution in [1.82, 2.24) is 0 Å². The molecule has 29 heavy (non-hydrogen) atoms. The summed E-state index contributed by atoms with van der Waals surface area (Å²) in [6.07, 6.45) is 2.53. The number of para-hydroxylation sites is 2. The Hall–Kier alpha value is -3.22. The number of anilines is 2. The van der Waals surface area contributed by atoms with E-state index in [9.17, 15) is 18.8 Å². The molecule has 150 valence electrons. The molecule has 0 atom stereocenters. The van der Waals surface area contributed by atoms with Crippen LogP contribution in [0.25, 0.3) is 0 Å². The highest BCUT2D eigenvalue weighted by atomic mass is 19.1. The number of amides is 2. The van der Waals surface area contributed by atoms with Gasteiger partial charge in [0.05, 0.1) is 17.8 Å². The topological polar surface area (TPSA) is 75.7 Å². The number of nitrogens with zero attached hydrogens (tertiary/aromatic N) is 1. The van der Waals surface area contributed by atoms with Gasteiger partial charge in [0.25, 0.3) is 11.8 Å². The number of carbonyl (C=O) groups is 3. The van der Waals surface area contributed by atoms with Crippen LogP contribution in [-0.4, -0.2) is 29.9 Å². The number of carbonyl (C=O) groups excluding carboxylic acids is 3. The molecule has 2 amide bonds. The molecule has 1 N–H and O–H groups in total. The van der Waals surface area contributed by atoms with E-state index in [0.29, 0.717) is 24.2 Å². The largest absolute Gasteiger partial charge is 0.455 e. The van der Waals surface area contributed by atoms with Crippen molar-refractivity contribution in [3.8, 4) is 0 Å². The van der Waals surface area contributed by atoms with Gasteiger partial charge < -0.3 is 10.1 Å². The van der Waals surface area contributed by atoms with E-state index >= 15 is 0 Å². The second-order valence-corrected chi connectivity index (χ2v) is 7.37. The molecule has 1 fully saturated rings. The molecule has 0 radical (unpaired) electrons. The smallest absolute Gasteiger partial charge is 0.310 e. The quantitative estimate of drug-likeness (QED) is 0.806. The second-order valence-electron chi connectivity index (χ2n) is 7.37. The summed E-state index contributed by atoms with van der Waals surface area (Å²) in [4.78, 5) is 39.6. The fraction of sp³-hybridized carbons (Fsp3) is 0.318. The number of esters is 1. The van der Waals surface area contributed by atoms with Crippen LogP contribution in [-0.2, 0) is 25.5 Å². The Bertz CT molecular complexity index is 969. The van der Waals surface area contributed by atoms with Gasteiger partial charge in [0.1, 0.15) is 11.4 Å². The van der Waals surface area contributed by atoms with Crippen molar-refractivity contribution < 1.29 is 23.5 Å². The summed E-state index contributed by atoms with van der Waals surface area (Å²) in [6, 6.07) is 13.0. The predicted molar refractivity (Wildman–Crippen MR) is 105 cm³/mol. The van der Waals surface area contributed by atoms with Crippen LogP contribution < -0.4 is 10.2 Å². The van der Waals surface area contributed by atoms with Crippen molar-refractivity contribution in [1.29, 1.82) is 0 Å². The maximum atomic E-state index is 13.7. The Labute approximate surface area is 167 Å². The van der Waals surface area contributed by atoms with Gasteiger partial charge in [-0.05, 0) is 36.6 Å². The monoisotopic (exact) mass is 396 g/mol. The van der Waals surface area contributed by atoms with E-state index < -0.39 is 29.8 Å². The molecule has 0 bridgehead atoms. The molecule has 2 aromatic carbocycles. The van der Waals surface area contributed by atoms with Crippen molar-refractivity contribution in [2.45, 2.75) is 37.6 Å². The highest BCUT2D eigenvalue weighted by molar-refractivity contribution is 6.15. The summed E-state index contributed by atoms with van der Waals surface area (Å²) in [6.45, 7) is -0.503. The molecule has 2 aromatic rings. The molecule has 0 unspecified atom stereocenters. The molecular weight excluding hydrogens is 375 g/mol. The Morgan fingerprint density at radius 1 is 1.07 bits per heavy atom. The van der Waals surface area contributed by atoms with E-state index in [-0.39, 0.29) is 17.9 Å². The number of fused-ring (bicyclic) bond motifs is 1. The fourth-order valence-corrected chi connectivity index (χ4v) is 4.18. The SMILES string of the molecule is O=C(Cc1ccccc1F)OCC(=O)N1c2ccccc2NC(=O)C12CCCC2. The van der Waals surface area contributed by atoms with Crippen molar-refractivity contribution in [2.75, 3.05) is 16.8 Å². The molecule has 1 heterocycles. The summed E-state index contributed by atoms with van der Waals surface area (Å²) in [5, 5.41) is 2.90. The Balaban J connectivity index is 1.52. The van der Waals surface area contributed by atoms with Gasteiger partial charge in [-0.3, -0.25) is 19.3 Å². The lowest BCUT2D eigenvalue weighted by atomic mass is 9.90. The number of rotatable bonds is 4. The molecule has 1 aliphatic heterocycles. The van der Waals surface area contributed by atoms with E-state index in [1.165, 1.54) is 23.1 Å². The molecule has 0 aromatic heterocycles. The Kier molecular flexibility index (Phi) is 5.05. The van der Waals surface area contributed by atoms with Crippen molar-refractivity contribution in [2.24, 2.45) is 0 Å². The summed E-state index contributed by atoms with van der Waals surface area (Å²) in [5.41, 5.74) is 0.411. The predicted octanol–water partition coefficient (Wildman–Crippen LogP) is 3.21. The lowest BCUT2D eigenvalue weighted by Crippen LogP contribution is -2.61. The van der Waals surface area contributed by atoms with Crippen LogP contribution in [0.4, 0.5) is 15.8 Å². The first kappa shape index (κ1) is 19.1. The maximum Gasteiger partial charge on any atom is 0.310 e. The van der Waals surface area contributed by atoms with Crippen LogP contribution in [0.5, 0.6) is 0 Å². The van der Waals surface area contributed by atoms with Gasteiger partial charge in [-0.25, -0.2) is 4.39 Å².